The van der Waals surface area contributed by atoms with Crippen molar-refractivity contribution < 1.29 is 30.6 Å². The molecular weight excluding hydrogens is 216 g/mol. The first kappa shape index (κ1) is 15.8. The topological polar surface area (TPSA) is 121 Å². The molecule has 6 atom stereocenters. The molecule has 0 aromatic rings. The fourth-order valence-electron chi connectivity index (χ4n) is 1.32. The highest BCUT2D eigenvalue weighted by Gasteiger charge is 2.35. The van der Waals surface area contributed by atoms with Crippen molar-refractivity contribution in [2.45, 2.75) is 50.8 Å². The molecule has 0 amide bonds. The van der Waals surface area contributed by atoms with Crippen molar-refractivity contribution in [2.75, 3.05) is 6.61 Å². The van der Waals surface area contributed by atoms with Gasteiger partial charge in [0, 0.05) is 0 Å². The van der Waals surface area contributed by atoms with Crippen LogP contribution in [0.1, 0.15) is 20.3 Å². The Hall–Kier alpha value is -0.240. The molecule has 6 heteroatoms. The van der Waals surface area contributed by atoms with Crippen LogP contribution in [-0.4, -0.2) is 67.8 Å². The SMILES string of the molecule is CCC(C)C(O)C(O)C(O)C(O)C(O)CO. The second kappa shape index (κ2) is 7.16. The van der Waals surface area contributed by atoms with Crippen LogP contribution >= 0.6 is 0 Å². The molecule has 16 heavy (non-hydrogen) atoms. The van der Waals surface area contributed by atoms with Gasteiger partial charge in [0.1, 0.15) is 24.4 Å². The van der Waals surface area contributed by atoms with E-state index in [1.54, 1.807) is 6.92 Å². The minimum absolute atomic E-state index is 0.247. The van der Waals surface area contributed by atoms with E-state index < -0.39 is 37.1 Å². The van der Waals surface area contributed by atoms with Crippen LogP contribution in [0, 0.1) is 5.92 Å². The monoisotopic (exact) mass is 238 g/mol. The highest BCUT2D eigenvalue weighted by molar-refractivity contribution is 4.86. The first-order valence-corrected chi connectivity index (χ1v) is 5.37. The van der Waals surface area contributed by atoms with Crippen LogP contribution in [0.3, 0.4) is 0 Å². The maximum absolute atomic E-state index is 9.59. The summed E-state index contributed by atoms with van der Waals surface area (Å²) < 4.78 is 0. The number of hydrogen-bond acceptors (Lipinski definition) is 6. The Morgan fingerprint density at radius 3 is 1.62 bits per heavy atom. The van der Waals surface area contributed by atoms with Crippen molar-refractivity contribution in [3.05, 3.63) is 0 Å². The van der Waals surface area contributed by atoms with Crippen LogP contribution in [0.15, 0.2) is 0 Å². The molecule has 0 bridgehead atoms. The molecule has 6 unspecified atom stereocenters. The molecule has 0 spiro atoms. The molecule has 6 nitrogen and oxygen atoms in total. The molecule has 0 saturated carbocycles. The largest absolute Gasteiger partial charge is 0.394 e. The zero-order valence-corrected chi connectivity index (χ0v) is 9.56. The van der Waals surface area contributed by atoms with Gasteiger partial charge >= 0.3 is 0 Å². The van der Waals surface area contributed by atoms with E-state index in [4.69, 9.17) is 10.2 Å². The van der Waals surface area contributed by atoms with E-state index in [1.807, 2.05) is 6.92 Å². The third kappa shape index (κ3) is 3.97. The van der Waals surface area contributed by atoms with Gasteiger partial charge < -0.3 is 30.6 Å². The molecule has 0 radical (unpaired) electrons. The second-order valence-corrected chi connectivity index (χ2v) is 4.10. The van der Waals surface area contributed by atoms with Crippen LogP contribution in [0.4, 0.5) is 0 Å². The quantitative estimate of drug-likeness (QED) is 0.300. The van der Waals surface area contributed by atoms with E-state index in [1.165, 1.54) is 0 Å². The highest BCUT2D eigenvalue weighted by atomic mass is 16.4. The molecule has 0 aromatic carbocycles. The minimum Gasteiger partial charge on any atom is -0.394 e. The van der Waals surface area contributed by atoms with Gasteiger partial charge in [-0.15, -0.1) is 0 Å². The van der Waals surface area contributed by atoms with Gasteiger partial charge in [-0.05, 0) is 5.92 Å². The van der Waals surface area contributed by atoms with Gasteiger partial charge in [0.05, 0.1) is 12.7 Å². The van der Waals surface area contributed by atoms with Crippen LogP contribution < -0.4 is 0 Å². The predicted octanol–water partition coefficient (Wildman–Crippen LogP) is -2.17. The maximum atomic E-state index is 9.59. The molecular formula is C10H22O6. The lowest BCUT2D eigenvalue weighted by atomic mass is 9.91. The summed E-state index contributed by atoms with van der Waals surface area (Å²) >= 11 is 0. The number of aliphatic hydroxyl groups excluding tert-OH is 6. The van der Waals surface area contributed by atoms with Gasteiger partial charge in [0.15, 0.2) is 0 Å². The summed E-state index contributed by atoms with van der Waals surface area (Å²) in [5.41, 5.74) is 0. The normalized spacial score (nSPS) is 23.2. The van der Waals surface area contributed by atoms with Gasteiger partial charge in [-0.3, -0.25) is 0 Å². The fourth-order valence-corrected chi connectivity index (χ4v) is 1.32. The average molecular weight is 238 g/mol. The summed E-state index contributed by atoms with van der Waals surface area (Å²) in [4.78, 5) is 0. The van der Waals surface area contributed by atoms with Gasteiger partial charge in [-0.1, -0.05) is 20.3 Å². The zero-order chi connectivity index (χ0) is 12.9. The Kier molecular flexibility index (Phi) is 7.05. The third-order valence-corrected chi connectivity index (χ3v) is 2.86. The average Bonchev–Trinajstić information content (AvgIpc) is 2.32. The van der Waals surface area contributed by atoms with Gasteiger partial charge in [0.25, 0.3) is 0 Å². The molecule has 0 aliphatic carbocycles. The highest BCUT2D eigenvalue weighted by Crippen LogP contribution is 2.16. The zero-order valence-electron chi connectivity index (χ0n) is 9.56. The summed E-state index contributed by atoms with van der Waals surface area (Å²) in [5.74, 6) is -0.247. The maximum Gasteiger partial charge on any atom is 0.111 e. The lowest BCUT2D eigenvalue weighted by Gasteiger charge is -2.30. The van der Waals surface area contributed by atoms with E-state index in [0.29, 0.717) is 6.42 Å². The Labute approximate surface area is 94.8 Å². The van der Waals surface area contributed by atoms with Gasteiger partial charge in [-0.2, -0.15) is 0 Å². The molecule has 6 N–H and O–H groups in total. The van der Waals surface area contributed by atoms with E-state index in [-0.39, 0.29) is 5.92 Å². The summed E-state index contributed by atoms with van der Waals surface area (Å²) in [5, 5.41) is 55.6. The van der Waals surface area contributed by atoms with E-state index in [2.05, 4.69) is 0 Å². The Morgan fingerprint density at radius 2 is 1.25 bits per heavy atom. The van der Waals surface area contributed by atoms with Crippen LogP contribution in [0.25, 0.3) is 0 Å². The molecule has 0 heterocycles. The van der Waals surface area contributed by atoms with Crippen LogP contribution in [0.5, 0.6) is 0 Å². The third-order valence-electron chi connectivity index (χ3n) is 2.86. The van der Waals surface area contributed by atoms with E-state index in [9.17, 15) is 20.4 Å². The molecule has 0 fully saturated rings. The number of rotatable bonds is 7. The van der Waals surface area contributed by atoms with Crippen molar-refractivity contribution in [3.63, 3.8) is 0 Å². The first-order chi connectivity index (χ1) is 7.36. The molecule has 0 aliphatic rings. The predicted molar refractivity (Wildman–Crippen MR) is 56.6 cm³/mol. The van der Waals surface area contributed by atoms with Crippen molar-refractivity contribution in [1.82, 2.24) is 0 Å². The number of hydrogen-bond donors (Lipinski definition) is 6. The molecule has 0 rings (SSSR count). The Balaban J connectivity index is 4.41. The van der Waals surface area contributed by atoms with Crippen molar-refractivity contribution in [1.29, 1.82) is 0 Å². The molecule has 0 aromatic heterocycles. The minimum atomic E-state index is -1.70. The van der Waals surface area contributed by atoms with Crippen LogP contribution in [-0.2, 0) is 0 Å². The van der Waals surface area contributed by atoms with Crippen molar-refractivity contribution >= 4 is 0 Å². The smallest absolute Gasteiger partial charge is 0.111 e. The molecule has 0 saturated heterocycles. The molecule has 98 valence electrons. The summed E-state index contributed by atoms with van der Waals surface area (Å²) in [6, 6.07) is 0. The van der Waals surface area contributed by atoms with Crippen molar-refractivity contribution in [3.8, 4) is 0 Å². The number of aliphatic hydroxyl groups is 6. The van der Waals surface area contributed by atoms with Crippen molar-refractivity contribution in [2.24, 2.45) is 5.92 Å². The van der Waals surface area contributed by atoms with E-state index in [0.717, 1.165) is 0 Å². The summed E-state index contributed by atoms with van der Waals surface area (Å²) in [6.45, 7) is 2.77. The second-order valence-electron chi connectivity index (χ2n) is 4.10. The summed E-state index contributed by atoms with van der Waals surface area (Å²) in [7, 11) is 0. The van der Waals surface area contributed by atoms with E-state index >= 15 is 0 Å². The first-order valence-electron chi connectivity index (χ1n) is 5.37. The van der Waals surface area contributed by atoms with Gasteiger partial charge in [0.2, 0.25) is 0 Å². The lowest BCUT2D eigenvalue weighted by Crippen LogP contribution is -2.51. The fraction of sp³-hybridized carbons (Fsp3) is 1.00. The van der Waals surface area contributed by atoms with Gasteiger partial charge in [-0.25, -0.2) is 0 Å². The Bertz CT molecular complexity index is 168. The molecule has 0 aliphatic heterocycles. The van der Waals surface area contributed by atoms with Crippen LogP contribution in [0.2, 0.25) is 0 Å². The lowest BCUT2D eigenvalue weighted by molar-refractivity contribution is -0.147. The summed E-state index contributed by atoms with van der Waals surface area (Å²) in [6.07, 6.45) is -7.10. The standard InChI is InChI=1S/C10H22O6/c1-3-5(2)7(13)9(15)10(16)8(14)6(12)4-11/h5-16H,3-4H2,1-2H3. The Morgan fingerprint density at radius 1 is 0.812 bits per heavy atom.